The maximum absolute atomic E-state index is 12.5. The molecule has 106 valence electrons. The smallest absolute Gasteiger partial charge is 0.225 e. The van der Waals surface area contributed by atoms with E-state index in [2.05, 4.69) is 10.3 Å². The van der Waals surface area contributed by atoms with Crippen LogP contribution in [-0.2, 0) is 10.3 Å². The molecule has 1 saturated carbocycles. The second-order valence-electron chi connectivity index (χ2n) is 5.86. The van der Waals surface area contributed by atoms with Crippen molar-refractivity contribution < 1.29 is 4.79 Å². The molecule has 2 unspecified atom stereocenters. The summed E-state index contributed by atoms with van der Waals surface area (Å²) in [5.74, 6) is 0.0244. The van der Waals surface area contributed by atoms with E-state index >= 15 is 0 Å². The van der Waals surface area contributed by atoms with E-state index < -0.39 is 5.54 Å². The number of nitrogens with zero attached hydrogens (tertiary/aromatic N) is 1. The Kier molecular flexibility index (Phi) is 4.58. The SMILES string of the molecule is CC(C)(NC(=O)C1CCCCCC1N)c1nccs1. The lowest BCUT2D eigenvalue weighted by molar-refractivity contribution is -0.127. The molecule has 1 aromatic rings. The second-order valence-corrected chi connectivity index (χ2v) is 6.75. The number of aromatic nitrogens is 1. The van der Waals surface area contributed by atoms with Crippen LogP contribution >= 0.6 is 11.3 Å². The molecule has 0 radical (unpaired) electrons. The van der Waals surface area contributed by atoms with Crippen molar-refractivity contribution >= 4 is 17.2 Å². The summed E-state index contributed by atoms with van der Waals surface area (Å²) in [4.78, 5) is 16.8. The highest BCUT2D eigenvalue weighted by molar-refractivity contribution is 7.09. The van der Waals surface area contributed by atoms with Gasteiger partial charge >= 0.3 is 0 Å². The van der Waals surface area contributed by atoms with Gasteiger partial charge in [0.1, 0.15) is 5.01 Å². The molecule has 0 saturated heterocycles. The molecule has 1 aliphatic rings. The van der Waals surface area contributed by atoms with Crippen molar-refractivity contribution in [2.45, 2.75) is 57.5 Å². The van der Waals surface area contributed by atoms with Crippen LogP contribution in [0.3, 0.4) is 0 Å². The lowest BCUT2D eigenvalue weighted by Gasteiger charge is -2.28. The zero-order valence-corrected chi connectivity index (χ0v) is 12.5. The first-order chi connectivity index (χ1) is 9.00. The average molecular weight is 281 g/mol. The second kappa shape index (κ2) is 6.01. The number of thiazole rings is 1. The highest BCUT2D eigenvalue weighted by Gasteiger charge is 2.32. The molecule has 1 heterocycles. The average Bonchev–Trinajstić information content (AvgIpc) is 2.79. The first-order valence-electron chi connectivity index (χ1n) is 6.98. The molecular weight excluding hydrogens is 258 g/mol. The van der Waals surface area contributed by atoms with Gasteiger partial charge in [0.2, 0.25) is 5.91 Å². The number of hydrogen-bond donors (Lipinski definition) is 2. The van der Waals surface area contributed by atoms with Gasteiger partial charge in [-0.05, 0) is 26.7 Å². The van der Waals surface area contributed by atoms with Crippen LogP contribution in [0.15, 0.2) is 11.6 Å². The van der Waals surface area contributed by atoms with Gasteiger partial charge in [-0.2, -0.15) is 0 Å². The van der Waals surface area contributed by atoms with Crippen LogP contribution in [0.4, 0.5) is 0 Å². The van der Waals surface area contributed by atoms with E-state index in [0.29, 0.717) is 0 Å². The van der Waals surface area contributed by atoms with Crippen LogP contribution in [0.2, 0.25) is 0 Å². The normalized spacial score (nSPS) is 24.8. The molecule has 0 aromatic carbocycles. The van der Waals surface area contributed by atoms with E-state index in [-0.39, 0.29) is 17.9 Å². The summed E-state index contributed by atoms with van der Waals surface area (Å²) in [7, 11) is 0. The minimum Gasteiger partial charge on any atom is -0.344 e. The molecule has 2 atom stereocenters. The van der Waals surface area contributed by atoms with E-state index in [4.69, 9.17) is 5.73 Å². The fraction of sp³-hybridized carbons (Fsp3) is 0.714. The quantitative estimate of drug-likeness (QED) is 0.836. The lowest BCUT2D eigenvalue weighted by Crippen LogP contribution is -2.48. The number of nitrogens with two attached hydrogens (primary N) is 1. The Bertz CT molecular complexity index is 416. The number of carbonyl (C=O) groups is 1. The first-order valence-corrected chi connectivity index (χ1v) is 7.86. The molecular formula is C14H23N3OS. The van der Waals surface area contributed by atoms with Gasteiger partial charge in [0.25, 0.3) is 0 Å². The van der Waals surface area contributed by atoms with Crippen molar-refractivity contribution in [3.05, 3.63) is 16.6 Å². The summed E-state index contributed by atoms with van der Waals surface area (Å²) >= 11 is 1.57. The van der Waals surface area contributed by atoms with Crippen LogP contribution < -0.4 is 11.1 Å². The van der Waals surface area contributed by atoms with Gasteiger partial charge in [-0.1, -0.05) is 19.3 Å². The van der Waals surface area contributed by atoms with Crippen LogP contribution in [0, 0.1) is 5.92 Å². The summed E-state index contributed by atoms with van der Waals surface area (Å²) in [5.41, 5.74) is 5.72. The van der Waals surface area contributed by atoms with Crippen molar-refractivity contribution in [1.82, 2.24) is 10.3 Å². The van der Waals surface area contributed by atoms with Crippen LogP contribution in [-0.4, -0.2) is 16.9 Å². The molecule has 1 fully saturated rings. The van der Waals surface area contributed by atoms with Crippen molar-refractivity contribution in [1.29, 1.82) is 0 Å². The fourth-order valence-electron chi connectivity index (χ4n) is 2.65. The van der Waals surface area contributed by atoms with E-state index in [1.807, 2.05) is 19.2 Å². The van der Waals surface area contributed by atoms with Crippen molar-refractivity contribution in [3.8, 4) is 0 Å². The molecule has 3 N–H and O–H groups in total. The van der Waals surface area contributed by atoms with E-state index in [1.54, 1.807) is 17.5 Å². The Hall–Kier alpha value is -0.940. The zero-order valence-electron chi connectivity index (χ0n) is 11.7. The van der Waals surface area contributed by atoms with Gasteiger partial charge in [-0.25, -0.2) is 4.98 Å². The number of carbonyl (C=O) groups excluding carboxylic acids is 1. The standard InChI is InChI=1S/C14H23N3OS/c1-14(2,13-16-8-9-19-13)17-12(18)10-6-4-3-5-7-11(10)15/h8-11H,3-7,15H2,1-2H3,(H,17,18). The summed E-state index contributed by atoms with van der Waals surface area (Å²) in [6.45, 7) is 3.98. The number of rotatable bonds is 3. The maximum atomic E-state index is 12.5. The molecule has 19 heavy (non-hydrogen) atoms. The predicted molar refractivity (Wildman–Crippen MR) is 77.8 cm³/mol. The monoisotopic (exact) mass is 281 g/mol. The highest BCUT2D eigenvalue weighted by atomic mass is 32.1. The number of nitrogens with one attached hydrogen (secondary N) is 1. The predicted octanol–water partition coefficient (Wildman–Crippen LogP) is 2.40. The van der Waals surface area contributed by atoms with Gasteiger partial charge < -0.3 is 11.1 Å². The molecule has 5 heteroatoms. The molecule has 2 rings (SSSR count). The summed E-state index contributed by atoms with van der Waals surface area (Å²) < 4.78 is 0. The van der Waals surface area contributed by atoms with Crippen molar-refractivity contribution in [3.63, 3.8) is 0 Å². The minimum atomic E-state index is -0.419. The van der Waals surface area contributed by atoms with Crippen molar-refractivity contribution in [2.75, 3.05) is 0 Å². The highest BCUT2D eigenvalue weighted by Crippen LogP contribution is 2.26. The third-order valence-electron chi connectivity index (χ3n) is 3.81. The molecule has 0 aliphatic heterocycles. The maximum Gasteiger partial charge on any atom is 0.225 e. The van der Waals surface area contributed by atoms with Crippen LogP contribution in [0.1, 0.15) is 51.0 Å². The number of hydrogen-bond acceptors (Lipinski definition) is 4. The Labute approximate surface area is 118 Å². The van der Waals surface area contributed by atoms with E-state index in [9.17, 15) is 4.79 Å². The molecule has 0 spiro atoms. The third-order valence-corrected chi connectivity index (χ3v) is 4.91. The summed E-state index contributed by atoms with van der Waals surface area (Å²) in [6, 6.07) is -0.00500. The Morgan fingerprint density at radius 3 is 2.84 bits per heavy atom. The Morgan fingerprint density at radius 2 is 2.16 bits per heavy atom. The van der Waals surface area contributed by atoms with E-state index in [0.717, 1.165) is 30.7 Å². The summed E-state index contributed by atoms with van der Waals surface area (Å²) in [5, 5.41) is 5.98. The van der Waals surface area contributed by atoms with E-state index in [1.165, 1.54) is 6.42 Å². The number of amides is 1. The minimum absolute atomic E-state index is 0.00500. The van der Waals surface area contributed by atoms with Gasteiger partial charge in [0.05, 0.1) is 11.5 Å². The molecule has 1 amide bonds. The van der Waals surface area contributed by atoms with Crippen LogP contribution in [0.5, 0.6) is 0 Å². The molecule has 1 aromatic heterocycles. The topological polar surface area (TPSA) is 68.0 Å². The third kappa shape index (κ3) is 3.54. The molecule has 1 aliphatic carbocycles. The van der Waals surface area contributed by atoms with Gasteiger partial charge in [0.15, 0.2) is 0 Å². The zero-order chi connectivity index (χ0) is 13.9. The Balaban J connectivity index is 2.03. The lowest BCUT2D eigenvalue weighted by atomic mass is 9.93. The van der Waals surface area contributed by atoms with Crippen LogP contribution in [0.25, 0.3) is 0 Å². The molecule has 0 bridgehead atoms. The summed E-state index contributed by atoms with van der Waals surface area (Å²) in [6.07, 6.45) is 7.06. The molecule has 4 nitrogen and oxygen atoms in total. The van der Waals surface area contributed by atoms with Crippen molar-refractivity contribution in [2.24, 2.45) is 11.7 Å². The fourth-order valence-corrected chi connectivity index (χ4v) is 3.37. The van der Waals surface area contributed by atoms with Gasteiger partial charge in [-0.3, -0.25) is 4.79 Å². The first kappa shape index (κ1) is 14.5. The van der Waals surface area contributed by atoms with Gasteiger partial charge in [0, 0.05) is 17.6 Å². The largest absolute Gasteiger partial charge is 0.344 e. The van der Waals surface area contributed by atoms with Gasteiger partial charge in [-0.15, -0.1) is 11.3 Å². The Morgan fingerprint density at radius 1 is 1.42 bits per heavy atom.